The Labute approximate surface area is 165 Å². The predicted molar refractivity (Wildman–Crippen MR) is 114 cm³/mol. The van der Waals surface area contributed by atoms with Crippen LogP contribution in [0.5, 0.6) is 0 Å². The number of rotatable bonds is 7. The van der Waals surface area contributed by atoms with E-state index in [0.29, 0.717) is 10.8 Å². The number of anilines is 3. The summed E-state index contributed by atoms with van der Waals surface area (Å²) in [6.45, 7) is 3.75. The summed E-state index contributed by atoms with van der Waals surface area (Å²) in [5.41, 5.74) is 3.00. The molecule has 0 bridgehead atoms. The maximum absolute atomic E-state index is 6.15. The Morgan fingerprint density at radius 3 is 2.44 bits per heavy atom. The normalized spacial score (nSPS) is 10.9. The number of hydrogen-bond acceptors (Lipinski definition) is 5. The van der Waals surface area contributed by atoms with Crippen LogP contribution < -0.4 is 10.6 Å². The van der Waals surface area contributed by atoms with Crippen molar-refractivity contribution in [2.24, 2.45) is 0 Å². The van der Waals surface area contributed by atoms with Crippen molar-refractivity contribution in [3.63, 3.8) is 0 Å². The van der Waals surface area contributed by atoms with Gasteiger partial charge in [-0.1, -0.05) is 48.0 Å². The van der Waals surface area contributed by atoms with E-state index in [-0.39, 0.29) is 0 Å². The van der Waals surface area contributed by atoms with Gasteiger partial charge < -0.3 is 15.5 Å². The van der Waals surface area contributed by atoms with Gasteiger partial charge in [0.15, 0.2) is 5.82 Å². The van der Waals surface area contributed by atoms with Crippen LogP contribution in [-0.4, -0.2) is 42.1 Å². The molecule has 0 unspecified atom stereocenters. The van der Waals surface area contributed by atoms with E-state index < -0.39 is 0 Å². The summed E-state index contributed by atoms with van der Waals surface area (Å²) in [5, 5.41) is 7.44. The molecular formula is C21H24ClN5. The smallest absolute Gasteiger partial charge is 0.163 e. The molecule has 0 saturated carbocycles. The Morgan fingerprint density at radius 1 is 0.963 bits per heavy atom. The molecule has 0 aliphatic heterocycles. The molecule has 0 aliphatic rings. The van der Waals surface area contributed by atoms with Gasteiger partial charge in [-0.15, -0.1) is 0 Å². The molecular weight excluding hydrogens is 358 g/mol. The van der Waals surface area contributed by atoms with Crippen molar-refractivity contribution in [3.05, 3.63) is 65.2 Å². The molecule has 0 radical (unpaired) electrons. The van der Waals surface area contributed by atoms with E-state index in [0.717, 1.165) is 41.5 Å². The first-order chi connectivity index (χ1) is 13.0. The SMILES string of the molecule is Cc1ccc(Cl)cc1Nc1cc(NCCN(C)C)nc(-c2ccccc2)n1. The van der Waals surface area contributed by atoms with Crippen LogP contribution >= 0.6 is 11.6 Å². The Balaban J connectivity index is 1.92. The van der Waals surface area contributed by atoms with E-state index >= 15 is 0 Å². The zero-order valence-corrected chi connectivity index (χ0v) is 16.6. The summed E-state index contributed by atoms with van der Waals surface area (Å²) in [4.78, 5) is 11.5. The lowest BCUT2D eigenvalue weighted by Gasteiger charge is -2.14. The zero-order valence-electron chi connectivity index (χ0n) is 15.8. The number of nitrogens with one attached hydrogen (secondary N) is 2. The standard InChI is InChI=1S/C21H24ClN5/c1-15-9-10-17(22)13-18(15)24-20-14-19(23-11-12-27(2)3)25-21(26-20)16-7-5-4-6-8-16/h4-10,13-14H,11-12H2,1-3H3,(H2,23,24,25,26). The molecule has 140 valence electrons. The highest BCUT2D eigenvalue weighted by Gasteiger charge is 2.09. The highest BCUT2D eigenvalue weighted by atomic mass is 35.5. The van der Waals surface area contributed by atoms with Gasteiger partial charge >= 0.3 is 0 Å². The molecule has 6 heteroatoms. The van der Waals surface area contributed by atoms with Crippen molar-refractivity contribution in [1.82, 2.24) is 14.9 Å². The van der Waals surface area contributed by atoms with Crippen molar-refractivity contribution < 1.29 is 0 Å². The van der Waals surface area contributed by atoms with E-state index in [1.54, 1.807) is 0 Å². The third-order valence-corrected chi connectivity index (χ3v) is 4.32. The van der Waals surface area contributed by atoms with Gasteiger partial charge in [0.05, 0.1) is 0 Å². The second kappa shape index (κ2) is 8.84. The first-order valence-corrected chi connectivity index (χ1v) is 9.25. The zero-order chi connectivity index (χ0) is 19.2. The van der Waals surface area contributed by atoms with Gasteiger partial charge in [-0.05, 0) is 38.7 Å². The number of aromatic nitrogens is 2. The van der Waals surface area contributed by atoms with Crippen LogP contribution in [0.3, 0.4) is 0 Å². The van der Waals surface area contributed by atoms with Gasteiger partial charge in [0, 0.05) is 35.4 Å². The topological polar surface area (TPSA) is 53.1 Å². The average molecular weight is 382 g/mol. The van der Waals surface area contributed by atoms with Gasteiger partial charge in [-0.2, -0.15) is 0 Å². The maximum Gasteiger partial charge on any atom is 0.163 e. The highest BCUT2D eigenvalue weighted by molar-refractivity contribution is 6.30. The van der Waals surface area contributed by atoms with E-state index in [2.05, 4.69) is 20.5 Å². The lowest BCUT2D eigenvalue weighted by atomic mass is 10.2. The van der Waals surface area contributed by atoms with Crippen LogP contribution in [0.2, 0.25) is 5.02 Å². The van der Waals surface area contributed by atoms with Gasteiger partial charge in [-0.25, -0.2) is 9.97 Å². The molecule has 0 amide bonds. The lowest BCUT2D eigenvalue weighted by Crippen LogP contribution is -2.21. The molecule has 1 aromatic heterocycles. The van der Waals surface area contributed by atoms with Crippen LogP contribution in [0.4, 0.5) is 17.3 Å². The van der Waals surface area contributed by atoms with Crippen LogP contribution in [-0.2, 0) is 0 Å². The third kappa shape index (κ3) is 5.42. The van der Waals surface area contributed by atoms with E-state index in [1.165, 1.54) is 0 Å². The quantitative estimate of drug-likeness (QED) is 0.614. The number of aryl methyl sites for hydroxylation is 1. The number of halogens is 1. The summed E-state index contributed by atoms with van der Waals surface area (Å²) < 4.78 is 0. The highest BCUT2D eigenvalue weighted by Crippen LogP contribution is 2.26. The molecule has 0 atom stereocenters. The van der Waals surface area contributed by atoms with Crippen molar-refractivity contribution in [2.75, 3.05) is 37.8 Å². The molecule has 27 heavy (non-hydrogen) atoms. The first kappa shape index (κ1) is 19.1. The molecule has 5 nitrogen and oxygen atoms in total. The van der Waals surface area contributed by atoms with Crippen LogP contribution in [0.1, 0.15) is 5.56 Å². The molecule has 0 spiro atoms. The van der Waals surface area contributed by atoms with Crippen LogP contribution in [0.25, 0.3) is 11.4 Å². The minimum absolute atomic E-state index is 0.674. The lowest BCUT2D eigenvalue weighted by molar-refractivity contribution is 0.425. The maximum atomic E-state index is 6.15. The molecule has 1 heterocycles. The monoisotopic (exact) mass is 381 g/mol. The summed E-state index contributed by atoms with van der Waals surface area (Å²) in [6.07, 6.45) is 0. The Bertz CT molecular complexity index is 896. The van der Waals surface area contributed by atoms with Crippen molar-refractivity contribution in [1.29, 1.82) is 0 Å². The number of hydrogen-bond donors (Lipinski definition) is 2. The molecule has 3 rings (SSSR count). The fourth-order valence-corrected chi connectivity index (χ4v) is 2.76. The summed E-state index contributed by atoms with van der Waals surface area (Å²) in [6, 6.07) is 17.7. The average Bonchev–Trinajstić information content (AvgIpc) is 2.65. The molecule has 3 aromatic rings. The van der Waals surface area contributed by atoms with Crippen LogP contribution in [0.15, 0.2) is 54.6 Å². The van der Waals surface area contributed by atoms with Gasteiger partial charge in [0.2, 0.25) is 0 Å². The first-order valence-electron chi connectivity index (χ1n) is 8.87. The van der Waals surface area contributed by atoms with E-state index in [1.807, 2.05) is 75.6 Å². The van der Waals surface area contributed by atoms with Crippen molar-refractivity contribution in [3.8, 4) is 11.4 Å². The van der Waals surface area contributed by atoms with Crippen LogP contribution in [0, 0.1) is 6.92 Å². The van der Waals surface area contributed by atoms with Gasteiger partial charge in [0.1, 0.15) is 11.6 Å². The minimum Gasteiger partial charge on any atom is -0.369 e. The Hall–Kier alpha value is -2.63. The fourth-order valence-electron chi connectivity index (χ4n) is 2.59. The summed E-state index contributed by atoms with van der Waals surface area (Å²) in [7, 11) is 4.10. The van der Waals surface area contributed by atoms with Crippen molar-refractivity contribution >= 4 is 28.9 Å². The van der Waals surface area contributed by atoms with Gasteiger partial charge in [-0.3, -0.25) is 0 Å². The Kier molecular flexibility index (Phi) is 6.27. The largest absolute Gasteiger partial charge is 0.369 e. The second-order valence-electron chi connectivity index (χ2n) is 6.64. The number of benzene rings is 2. The summed E-state index contributed by atoms with van der Waals surface area (Å²) in [5.74, 6) is 2.18. The minimum atomic E-state index is 0.674. The molecule has 0 saturated heterocycles. The number of nitrogens with zero attached hydrogens (tertiary/aromatic N) is 3. The Morgan fingerprint density at radius 2 is 1.70 bits per heavy atom. The molecule has 2 N–H and O–H groups in total. The second-order valence-corrected chi connectivity index (χ2v) is 7.08. The fraction of sp³-hybridized carbons (Fsp3) is 0.238. The predicted octanol–water partition coefficient (Wildman–Crippen LogP) is 4.82. The number of likely N-dealkylation sites (N-methyl/N-ethyl adjacent to an activating group) is 1. The summed E-state index contributed by atoms with van der Waals surface area (Å²) >= 11 is 6.15. The van der Waals surface area contributed by atoms with E-state index in [4.69, 9.17) is 16.6 Å². The third-order valence-electron chi connectivity index (χ3n) is 4.09. The van der Waals surface area contributed by atoms with E-state index in [9.17, 15) is 0 Å². The van der Waals surface area contributed by atoms with Gasteiger partial charge in [0.25, 0.3) is 0 Å². The van der Waals surface area contributed by atoms with Crippen molar-refractivity contribution in [2.45, 2.75) is 6.92 Å². The molecule has 0 fully saturated rings. The molecule has 0 aliphatic carbocycles. The molecule has 2 aromatic carbocycles.